The lowest BCUT2D eigenvalue weighted by molar-refractivity contribution is 0.0536. The Balaban J connectivity index is 1.54. The lowest BCUT2D eigenvalue weighted by Gasteiger charge is -2.19. The summed E-state index contributed by atoms with van der Waals surface area (Å²) in [6, 6.07) is 29.1. The average Bonchev–Trinajstić information content (AvgIpc) is 2.78. The smallest absolute Gasteiger partial charge is 0.123 e. The van der Waals surface area contributed by atoms with Crippen molar-refractivity contribution in [1.29, 1.82) is 0 Å². The fourth-order valence-electron chi connectivity index (χ4n) is 3.83. The molecule has 0 bridgehead atoms. The molecule has 1 heteroatoms. The molecule has 0 saturated carbocycles. The molecule has 1 nitrogen and oxygen atoms in total. The molecule has 4 aromatic rings. The van der Waals surface area contributed by atoms with Crippen LogP contribution in [0.5, 0.6) is 0 Å². The Hall–Kier alpha value is -3.52. The minimum atomic E-state index is -0.378. The number of benzene rings is 4. The molecule has 0 heterocycles. The van der Waals surface area contributed by atoms with Gasteiger partial charge in [-0.2, -0.15) is 0 Å². The van der Waals surface area contributed by atoms with Crippen LogP contribution < -0.4 is 0 Å². The van der Waals surface area contributed by atoms with Crippen molar-refractivity contribution in [3.8, 4) is 24.7 Å². The van der Waals surface area contributed by atoms with Gasteiger partial charge in [-0.15, -0.1) is 12.8 Å². The quantitative estimate of drug-likeness (QED) is 0.388. The van der Waals surface area contributed by atoms with E-state index < -0.39 is 0 Å². The molecular formula is C28H22O. The van der Waals surface area contributed by atoms with Crippen molar-refractivity contribution in [2.24, 2.45) is 0 Å². The lowest BCUT2D eigenvalue weighted by Crippen LogP contribution is -2.24. The average molecular weight is 374 g/mol. The molecule has 0 amide bonds. The molecule has 0 saturated heterocycles. The molecule has 0 fully saturated rings. The fourth-order valence-corrected chi connectivity index (χ4v) is 3.83. The second-order valence-electron chi connectivity index (χ2n) is 7.13. The third-order valence-electron chi connectivity index (χ3n) is 5.27. The van der Waals surface area contributed by atoms with Crippen molar-refractivity contribution < 1.29 is 4.74 Å². The maximum atomic E-state index is 6.18. The Morgan fingerprint density at radius 2 is 1.00 bits per heavy atom. The van der Waals surface area contributed by atoms with Gasteiger partial charge in [0.25, 0.3) is 0 Å². The van der Waals surface area contributed by atoms with Crippen molar-refractivity contribution >= 4 is 21.5 Å². The minimum Gasteiger partial charge on any atom is -0.349 e. The highest BCUT2D eigenvalue weighted by atomic mass is 16.5. The van der Waals surface area contributed by atoms with E-state index in [1.807, 2.05) is 24.3 Å². The highest BCUT2D eigenvalue weighted by Crippen LogP contribution is 2.23. The van der Waals surface area contributed by atoms with E-state index in [0.29, 0.717) is 12.8 Å². The van der Waals surface area contributed by atoms with Gasteiger partial charge < -0.3 is 4.74 Å². The second-order valence-corrected chi connectivity index (χ2v) is 7.13. The molecule has 140 valence electrons. The van der Waals surface area contributed by atoms with Crippen LogP contribution in [-0.2, 0) is 17.6 Å². The van der Waals surface area contributed by atoms with Crippen LogP contribution in [0.2, 0.25) is 0 Å². The molecule has 4 aromatic carbocycles. The number of fused-ring (bicyclic) bond motifs is 2. The van der Waals surface area contributed by atoms with E-state index in [0.717, 1.165) is 0 Å². The normalized spacial score (nSPS) is 12.9. The predicted octanol–water partition coefficient (Wildman–Crippen LogP) is 5.80. The Bertz CT molecular complexity index is 1110. The molecule has 29 heavy (non-hydrogen) atoms. The zero-order valence-corrected chi connectivity index (χ0v) is 16.2. The number of hydrogen-bond donors (Lipinski definition) is 0. The topological polar surface area (TPSA) is 9.23 Å². The summed E-state index contributed by atoms with van der Waals surface area (Å²) in [5.74, 6) is 5.57. The minimum absolute atomic E-state index is 0.378. The van der Waals surface area contributed by atoms with Crippen LogP contribution in [0.4, 0.5) is 0 Å². The van der Waals surface area contributed by atoms with Gasteiger partial charge in [-0.1, -0.05) is 96.8 Å². The maximum absolute atomic E-state index is 6.18. The van der Waals surface area contributed by atoms with E-state index in [1.165, 1.54) is 32.7 Å². The summed E-state index contributed by atoms with van der Waals surface area (Å²) < 4.78 is 6.18. The Morgan fingerprint density at radius 1 is 0.586 bits per heavy atom. The third kappa shape index (κ3) is 4.17. The zero-order chi connectivity index (χ0) is 20.1. The van der Waals surface area contributed by atoms with Gasteiger partial charge in [0.05, 0.1) is 0 Å². The highest BCUT2D eigenvalue weighted by Gasteiger charge is 2.16. The van der Waals surface area contributed by atoms with Crippen LogP contribution >= 0.6 is 0 Å². The molecule has 0 aliphatic heterocycles. The van der Waals surface area contributed by atoms with Crippen LogP contribution in [0.15, 0.2) is 84.9 Å². The Morgan fingerprint density at radius 3 is 1.45 bits per heavy atom. The van der Waals surface area contributed by atoms with Crippen LogP contribution in [0.1, 0.15) is 11.1 Å². The molecule has 0 aromatic heterocycles. The van der Waals surface area contributed by atoms with Gasteiger partial charge in [0.15, 0.2) is 0 Å². The van der Waals surface area contributed by atoms with Gasteiger partial charge in [0.2, 0.25) is 0 Å². The van der Waals surface area contributed by atoms with Gasteiger partial charge in [-0.25, -0.2) is 0 Å². The molecule has 0 spiro atoms. The lowest BCUT2D eigenvalue weighted by atomic mass is 9.99. The van der Waals surface area contributed by atoms with Crippen molar-refractivity contribution in [2.75, 3.05) is 0 Å². The van der Waals surface area contributed by atoms with E-state index in [1.54, 1.807) is 0 Å². The first-order valence-corrected chi connectivity index (χ1v) is 9.79. The summed E-state index contributed by atoms with van der Waals surface area (Å²) >= 11 is 0. The van der Waals surface area contributed by atoms with Gasteiger partial charge in [0.1, 0.15) is 12.2 Å². The summed E-state index contributed by atoms with van der Waals surface area (Å²) in [5, 5.41) is 4.80. The molecule has 0 aliphatic carbocycles. The van der Waals surface area contributed by atoms with Gasteiger partial charge in [-0.05, 0) is 32.7 Å². The largest absolute Gasteiger partial charge is 0.349 e. The van der Waals surface area contributed by atoms with Crippen molar-refractivity contribution in [3.63, 3.8) is 0 Å². The second kappa shape index (κ2) is 8.66. The highest BCUT2D eigenvalue weighted by molar-refractivity contribution is 5.86. The maximum Gasteiger partial charge on any atom is 0.123 e. The summed E-state index contributed by atoms with van der Waals surface area (Å²) in [5.41, 5.74) is 2.35. The van der Waals surface area contributed by atoms with Crippen LogP contribution in [0.3, 0.4) is 0 Å². The van der Waals surface area contributed by atoms with Gasteiger partial charge in [0, 0.05) is 12.8 Å². The van der Waals surface area contributed by atoms with Crippen LogP contribution in [0, 0.1) is 24.7 Å². The molecule has 0 N–H and O–H groups in total. The Labute approximate surface area is 172 Å². The zero-order valence-electron chi connectivity index (χ0n) is 16.2. The standard InChI is InChI=1S/C28H22O/c1-3-25(19-23-15-9-13-21-11-5-7-17-27(21)23)29-26(4-2)20-24-16-10-14-22-12-6-8-18-28(22)24/h1-2,5-18,25-26H,19-20H2. The van der Waals surface area contributed by atoms with E-state index in [9.17, 15) is 0 Å². The summed E-state index contributed by atoms with van der Waals surface area (Å²) in [7, 11) is 0. The number of rotatable bonds is 6. The van der Waals surface area contributed by atoms with E-state index in [4.69, 9.17) is 17.6 Å². The first-order valence-electron chi connectivity index (χ1n) is 9.79. The molecule has 0 aliphatic rings. The van der Waals surface area contributed by atoms with Gasteiger partial charge >= 0.3 is 0 Å². The number of hydrogen-bond acceptors (Lipinski definition) is 1. The van der Waals surface area contributed by atoms with Gasteiger partial charge in [-0.3, -0.25) is 0 Å². The fraction of sp³-hybridized carbons (Fsp3) is 0.143. The van der Waals surface area contributed by atoms with E-state index in [2.05, 4.69) is 72.5 Å². The summed E-state index contributed by atoms with van der Waals surface area (Å²) in [6.45, 7) is 0. The van der Waals surface area contributed by atoms with E-state index in [-0.39, 0.29) is 12.2 Å². The number of terminal acetylenes is 2. The van der Waals surface area contributed by atoms with Crippen LogP contribution in [-0.4, -0.2) is 12.2 Å². The number of ether oxygens (including phenoxy) is 1. The first kappa shape index (κ1) is 18.8. The summed E-state index contributed by atoms with van der Waals surface area (Å²) in [4.78, 5) is 0. The molecular weight excluding hydrogens is 352 g/mol. The van der Waals surface area contributed by atoms with E-state index >= 15 is 0 Å². The summed E-state index contributed by atoms with van der Waals surface area (Å²) in [6.07, 6.45) is 12.1. The first-order chi connectivity index (χ1) is 14.3. The SMILES string of the molecule is C#CC(Cc1cccc2ccccc12)OC(C#C)Cc1cccc2ccccc12. The molecule has 0 radical (unpaired) electrons. The molecule has 2 atom stereocenters. The third-order valence-corrected chi connectivity index (χ3v) is 5.27. The van der Waals surface area contributed by atoms with Crippen molar-refractivity contribution in [2.45, 2.75) is 25.0 Å². The Kier molecular flexibility index (Phi) is 5.62. The monoisotopic (exact) mass is 374 g/mol. The van der Waals surface area contributed by atoms with Crippen molar-refractivity contribution in [3.05, 3.63) is 96.1 Å². The predicted molar refractivity (Wildman–Crippen MR) is 122 cm³/mol. The molecule has 4 rings (SSSR count). The van der Waals surface area contributed by atoms with Crippen molar-refractivity contribution in [1.82, 2.24) is 0 Å². The molecule has 2 unspecified atom stereocenters. The van der Waals surface area contributed by atoms with Crippen LogP contribution in [0.25, 0.3) is 21.5 Å².